The molecule has 3 aromatic rings. The first kappa shape index (κ1) is 16.1. The van der Waals surface area contributed by atoms with E-state index in [9.17, 15) is 4.79 Å². The fourth-order valence-corrected chi connectivity index (χ4v) is 3.08. The average Bonchev–Trinajstić information content (AvgIpc) is 2.71. The molecule has 1 aromatic heterocycles. The molecule has 1 aliphatic rings. The third-order valence-corrected chi connectivity index (χ3v) is 4.33. The molecule has 130 valence electrons. The van der Waals surface area contributed by atoms with Gasteiger partial charge in [-0.05, 0) is 23.8 Å². The Labute approximate surface area is 151 Å². The Hall–Kier alpha value is -3.41. The molecule has 6 nitrogen and oxygen atoms in total. The Morgan fingerprint density at radius 2 is 2.08 bits per heavy atom. The molecule has 0 saturated carbocycles. The number of carbonyl (C=O) groups excluding carboxylic acids is 1. The van der Waals surface area contributed by atoms with Crippen LogP contribution in [0.3, 0.4) is 0 Å². The number of fused-ring (bicyclic) bond motifs is 3. The van der Waals surface area contributed by atoms with E-state index in [1.165, 1.54) is 12.4 Å². The summed E-state index contributed by atoms with van der Waals surface area (Å²) in [6, 6.07) is 13.8. The highest BCUT2D eigenvalue weighted by Gasteiger charge is 2.25. The highest BCUT2D eigenvalue weighted by molar-refractivity contribution is 6.07. The summed E-state index contributed by atoms with van der Waals surface area (Å²) in [5.74, 6) is 1.16. The highest BCUT2D eigenvalue weighted by atomic mass is 16.5. The Morgan fingerprint density at radius 1 is 1.23 bits per heavy atom. The van der Waals surface area contributed by atoms with E-state index in [1.807, 2.05) is 42.5 Å². The van der Waals surface area contributed by atoms with E-state index >= 15 is 0 Å². The van der Waals surface area contributed by atoms with Gasteiger partial charge in [0.2, 0.25) is 0 Å². The summed E-state index contributed by atoms with van der Waals surface area (Å²) >= 11 is 0. The molecule has 0 unspecified atom stereocenters. The number of benzene rings is 2. The standard InChI is InChI=1S/C20H18N4O2/c1-2-17(25)24-10-11-26-19-16(24)9-8-15-18(19)20(23-13-22-15)21-12-14-6-4-3-5-7-14/h2-9,13H,1,10-12H2,(H,21,22,23). The topological polar surface area (TPSA) is 67.4 Å². The zero-order valence-corrected chi connectivity index (χ0v) is 14.2. The van der Waals surface area contributed by atoms with Crippen molar-refractivity contribution in [2.24, 2.45) is 0 Å². The molecule has 0 aliphatic carbocycles. The Balaban J connectivity index is 1.77. The van der Waals surface area contributed by atoms with Gasteiger partial charge in [-0.3, -0.25) is 4.79 Å². The second-order valence-electron chi connectivity index (χ2n) is 5.91. The Kier molecular flexibility index (Phi) is 4.23. The van der Waals surface area contributed by atoms with Crippen LogP contribution in [0.2, 0.25) is 0 Å². The highest BCUT2D eigenvalue weighted by Crippen LogP contribution is 2.40. The quantitative estimate of drug-likeness (QED) is 0.735. The molecule has 0 spiro atoms. The van der Waals surface area contributed by atoms with E-state index in [-0.39, 0.29) is 5.91 Å². The molecule has 0 bridgehead atoms. The summed E-state index contributed by atoms with van der Waals surface area (Å²) < 4.78 is 5.91. The van der Waals surface area contributed by atoms with E-state index in [4.69, 9.17) is 4.74 Å². The van der Waals surface area contributed by atoms with Gasteiger partial charge in [0.15, 0.2) is 5.75 Å². The normalized spacial score (nSPS) is 13.0. The number of hydrogen-bond acceptors (Lipinski definition) is 5. The van der Waals surface area contributed by atoms with Crippen molar-refractivity contribution in [2.75, 3.05) is 23.4 Å². The van der Waals surface area contributed by atoms with Crippen LogP contribution in [0.25, 0.3) is 10.9 Å². The van der Waals surface area contributed by atoms with Crippen molar-refractivity contribution >= 4 is 28.3 Å². The molecule has 2 aromatic carbocycles. The maximum atomic E-state index is 12.2. The lowest BCUT2D eigenvalue weighted by Gasteiger charge is -2.29. The first-order valence-corrected chi connectivity index (χ1v) is 8.40. The van der Waals surface area contributed by atoms with E-state index in [1.54, 1.807) is 4.90 Å². The predicted octanol–water partition coefficient (Wildman–Crippen LogP) is 3.15. The summed E-state index contributed by atoms with van der Waals surface area (Å²) in [6.45, 7) is 5.12. The maximum absolute atomic E-state index is 12.2. The molecule has 26 heavy (non-hydrogen) atoms. The Morgan fingerprint density at radius 3 is 2.88 bits per heavy atom. The fourth-order valence-electron chi connectivity index (χ4n) is 3.08. The molecule has 0 radical (unpaired) electrons. The van der Waals surface area contributed by atoms with Gasteiger partial charge in [0.05, 0.1) is 23.1 Å². The lowest BCUT2D eigenvalue weighted by molar-refractivity contribution is -0.114. The summed E-state index contributed by atoms with van der Waals surface area (Å²) in [5.41, 5.74) is 2.63. The first-order valence-electron chi connectivity index (χ1n) is 8.40. The second kappa shape index (κ2) is 6.84. The predicted molar refractivity (Wildman–Crippen MR) is 101 cm³/mol. The lowest BCUT2D eigenvalue weighted by atomic mass is 10.1. The molecule has 0 fully saturated rings. The van der Waals surface area contributed by atoms with Gasteiger partial charge in [-0.25, -0.2) is 9.97 Å². The summed E-state index contributed by atoms with van der Waals surface area (Å²) in [7, 11) is 0. The third kappa shape index (κ3) is 2.86. The number of carbonyl (C=O) groups is 1. The number of anilines is 2. The van der Waals surface area contributed by atoms with Crippen molar-refractivity contribution in [3.8, 4) is 5.75 Å². The number of aromatic nitrogens is 2. The van der Waals surface area contributed by atoms with Gasteiger partial charge in [-0.15, -0.1) is 0 Å². The van der Waals surface area contributed by atoms with Crippen LogP contribution < -0.4 is 15.0 Å². The van der Waals surface area contributed by atoms with Crippen LogP contribution in [-0.4, -0.2) is 29.0 Å². The van der Waals surface area contributed by atoms with Crippen molar-refractivity contribution in [3.05, 3.63) is 67.0 Å². The monoisotopic (exact) mass is 346 g/mol. The fraction of sp³-hybridized carbons (Fsp3) is 0.150. The SMILES string of the molecule is C=CC(=O)N1CCOc2c1ccc1ncnc(NCc3ccccc3)c21. The minimum Gasteiger partial charge on any atom is -0.489 e. The van der Waals surface area contributed by atoms with Gasteiger partial charge in [0.25, 0.3) is 5.91 Å². The number of hydrogen-bond donors (Lipinski definition) is 1. The van der Waals surface area contributed by atoms with Gasteiger partial charge in [-0.1, -0.05) is 36.9 Å². The molecule has 2 heterocycles. The molecule has 4 rings (SSSR count). The molecule has 1 aliphatic heterocycles. The molecule has 6 heteroatoms. The number of amides is 1. The summed E-state index contributed by atoms with van der Waals surface area (Å²) in [4.78, 5) is 22.6. The average molecular weight is 346 g/mol. The molecule has 0 saturated heterocycles. The maximum Gasteiger partial charge on any atom is 0.250 e. The second-order valence-corrected chi connectivity index (χ2v) is 5.91. The number of nitrogens with one attached hydrogen (secondary N) is 1. The van der Waals surface area contributed by atoms with Crippen LogP contribution in [0, 0.1) is 0 Å². The minimum atomic E-state index is -0.149. The summed E-state index contributed by atoms with van der Waals surface area (Å²) in [6.07, 6.45) is 2.84. The largest absolute Gasteiger partial charge is 0.489 e. The molecule has 0 atom stereocenters. The van der Waals surface area contributed by atoms with Crippen molar-refractivity contribution in [1.29, 1.82) is 0 Å². The first-order chi connectivity index (χ1) is 12.8. The van der Waals surface area contributed by atoms with Crippen molar-refractivity contribution in [2.45, 2.75) is 6.54 Å². The van der Waals surface area contributed by atoms with Crippen molar-refractivity contribution < 1.29 is 9.53 Å². The molecular formula is C20H18N4O2. The number of ether oxygens (including phenoxy) is 1. The zero-order valence-electron chi connectivity index (χ0n) is 14.2. The van der Waals surface area contributed by atoms with E-state index < -0.39 is 0 Å². The van der Waals surface area contributed by atoms with Gasteiger partial charge in [0.1, 0.15) is 18.8 Å². The van der Waals surface area contributed by atoms with E-state index in [0.717, 1.165) is 16.5 Å². The molecular weight excluding hydrogens is 328 g/mol. The van der Waals surface area contributed by atoms with E-state index in [2.05, 4.69) is 21.9 Å². The van der Waals surface area contributed by atoms with Gasteiger partial charge < -0.3 is 15.0 Å². The van der Waals surface area contributed by atoms with Crippen LogP contribution in [0.5, 0.6) is 5.75 Å². The minimum absolute atomic E-state index is 0.149. The third-order valence-electron chi connectivity index (χ3n) is 4.33. The van der Waals surface area contributed by atoms with Crippen LogP contribution in [0.4, 0.5) is 11.5 Å². The number of nitrogens with zero attached hydrogens (tertiary/aromatic N) is 3. The van der Waals surface area contributed by atoms with Gasteiger partial charge >= 0.3 is 0 Å². The van der Waals surface area contributed by atoms with Gasteiger partial charge in [0, 0.05) is 6.54 Å². The van der Waals surface area contributed by atoms with E-state index in [0.29, 0.717) is 37.0 Å². The smallest absolute Gasteiger partial charge is 0.250 e. The van der Waals surface area contributed by atoms with Crippen LogP contribution in [0.1, 0.15) is 5.56 Å². The van der Waals surface area contributed by atoms with Crippen LogP contribution in [0.15, 0.2) is 61.4 Å². The lowest BCUT2D eigenvalue weighted by Crippen LogP contribution is -2.36. The van der Waals surface area contributed by atoms with Gasteiger partial charge in [-0.2, -0.15) is 0 Å². The zero-order chi connectivity index (χ0) is 17.9. The molecule has 1 amide bonds. The molecule has 1 N–H and O–H groups in total. The van der Waals surface area contributed by atoms with Crippen LogP contribution in [-0.2, 0) is 11.3 Å². The van der Waals surface area contributed by atoms with Crippen LogP contribution >= 0.6 is 0 Å². The van der Waals surface area contributed by atoms with Crippen molar-refractivity contribution in [3.63, 3.8) is 0 Å². The summed E-state index contributed by atoms with van der Waals surface area (Å²) in [5, 5.41) is 4.14. The Bertz CT molecular complexity index is 972. The number of rotatable bonds is 4. The van der Waals surface area contributed by atoms with Crippen molar-refractivity contribution in [1.82, 2.24) is 9.97 Å².